The predicted octanol–water partition coefficient (Wildman–Crippen LogP) is -0.769. The smallest absolute Gasteiger partial charge is 0 e. The van der Waals surface area contributed by atoms with Crippen LogP contribution in [0.5, 0.6) is 0 Å². The topological polar surface area (TPSA) is 0 Å². The van der Waals surface area contributed by atoms with Gasteiger partial charge in [-0.2, -0.15) is 0 Å². The van der Waals surface area contributed by atoms with Crippen LogP contribution in [-0.4, -0.2) is 34.7 Å². The van der Waals surface area contributed by atoms with Crippen LogP contribution in [0.15, 0.2) is 0 Å². The molecule has 0 aromatic rings. The zero-order valence-corrected chi connectivity index (χ0v) is 12.3. The molecule has 18 valence electrons. The van der Waals surface area contributed by atoms with Crippen LogP contribution in [-0.2, 0) is 78.6 Å². The van der Waals surface area contributed by atoms with Crippen molar-refractivity contribution in [3.05, 3.63) is 0 Å². The van der Waals surface area contributed by atoms with E-state index in [0.29, 0.717) is 0 Å². The Kier molecular flexibility index (Phi) is 190. The third-order valence-corrected chi connectivity index (χ3v) is 0. The quantitative estimate of drug-likeness (QED) is 0.513. The van der Waals surface area contributed by atoms with Gasteiger partial charge < -0.3 is 0 Å². The normalized spacial score (nSPS) is 0. The molecule has 0 heterocycles. The van der Waals surface area contributed by atoms with Gasteiger partial charge in [-0.15, -0.1) is 0 Å². The molecule has 0 spiro atoms. The van der Waals surface area contributed by atoms with Gasteiger partial charge in [0.2, 0.25) is 0 Å². The Labute approximate surface area is 111 Å². The first-order valence-electron chi connectivity index (χ1n) is 0. The first kappa shape index (κ1) is 37.6. The van der Waals surface area contributed by atoms with Gasteiger partial charge in [-0.1, -0.05) is 0 Å². The number of hydrogen-bond acceptors (Lipinski definition) is 0. The molecule has 0 fully saturated rings. The minimum atomic E-state index is 0. The Morgan fingerprint density at radius 3 is 0.400 bits per heavy atom. The maximum Gasteiger partial charge on any atom is 0 e. The fourth-order valence-electron chi connectivity index (χ4n) is 0. The van der Waals surface area contributed by atoms with E-state index in [9.17, 15) is 0 Å². The van der Waals surface area contributed by atoms with E-state index in [2.05, 4.69) is 0 Å². The molecule has 0 aromatic carbocycles. The third-order valence-electron chi connectivity index (χ3n) is 0. The second-order valence-corrected chi connectivity index (χ2v) is 0. The van der Waals surface area contributed by atoms with Crippen molar-refractivity contribution in [1.29, 1.82) is 0 Å². The molecule has 0 nitrogen and oxygen atoms in total. The standard InChI is InChI=1S/2Al.3Zr. The van der Waals surface area contributed by atoms with E-state index in [1.807, 2.05) is 0 Å². The Hall–Kier alpha value is 3.71. The minimum absolute atomic E-state index is 0. The summed E-state index contributed by atoms with van der Waals surface area (Å²) in [6.07, 6.45) is 0. The molecule has 5 heavy (non-hydrogen) atoms. The molecule has 0 N–H and O–H groups in total. The molecule has 0 rings (SSSR count). The minimum Gasteiger partial charge on any atom is 0 e. The molecule has 0 aliphatic carbocycles. The van der Waals surface area contributed by atoms with Crippen LogP contribution in [0.4, 0.5) is 0 Å². The van der Waals surface area contributed by atoms with E-state index in [1.54, 1.807) is 0 Å². The van der Waals surface area contributed by atoms with Crippen molar-refractivity contribution in [2.45, 2.75) is 0 Å². The first-order chi connectivity index (χ1) is 0. The van der Waals surface area contributed by atoms with Crippen LogP contribution in [0.2, 0.25) is 0 Å². The first-order valence-corrected chi connectivity index (χ1v) is 0. The van der Waals surface area contributed by atoms with Crippen LogP contribution in [0.1, 0.15) is 0 Å². The zero-order valence-electron chi connectivity index (χ0n) is 2.65. The summed E-state index contributed by atoms with van der Waals surface area (Å²) in [7, 11) is 0. The molecular formula is Al2Zr3. The Morgan fingerprint density at radius 2 is 0.400 bits per heavy atom. The fraction of sp³-hybridized carbons (Fsp3) is 0. The van der Waals surface area contributed by atoms with Crippen LogP contribution in [0, 0.1) is 0 Å². The summed E-state index contributed by atoms with van der Waals surface area (Å²) in [6, 6.07) is 0. The van der Waals surface area contributed by atoms with E-state index in [-0.39, 0.29) is 113 Å². The molecule has 0 aliphatic rings. The second kappa shape index (κ2) is 25.2. The Morgan fingerprint density at radius 1 is 0.400 bits per heavy atom. The van der Waals surface area contributed by atoms with Crippen molar-refractivity contribution >= 4 is 34.7 Å². The monoisotopic (exact) mass is 324 g/mol. The summed E-state index contributed by atoms with van der Waals surface area (Å²) < 4.78 is 0. The SMILES string of the molecule is [Al].[Al].[Zr].[Zr].[Zr]. The second-order valence-electron chi connectivity index (χ2n) is 0. The molecule has 0 amide bonds. The maximum atomic E-state index is 0. The zero-order chi connectivity index (χ0) is 0. The molecule has 0 saturated heterocycles. The van der Waals surface area contributed by atoms with Gasteiger partial charge in [0.15, 0.2) is 0 Å². The molecule has 0 saturated carbocycles. The molecular weight excluding hydrogens is 328 g/mol. The van der Waals surface area contributed by atoms with Crippen molar-refractivity contribution in [2.75, 3.05) is 0 Å². The van der Waals surface area contributed by atoms with Gasteiger partial charge in [0.1, 0.15) is 0 Å². The van der Waals surface area contributed by atoms with Gasteiger partial charge in [-0.25, -0.2) is 0 Å². The van der Waals surface area contributed by atoms with Crippen LogP contribution < -0.4 is 0 Å². The summed E-state index contributed by atoms with van der Waals surface area (Å²) in [5.74, 6) is 0. The van der Waals surface area contributed by atoms with E-state index < -0.39 is 0 Å². The average Bonchev–Trinajstić information content (AvgIpc) is 0. The third kappa shape index (κ3) is 18.3. The molecule has 0 aliphatic heterocycles. The largest absolute Gasteiger partial charge is 0 e. The average molecular weight is 328 g/mol. The van der Waals surface area contributed by atoms with Gasteiger partial charge in [0, 0.05) is 113 Å². The molecule has 0 aromatic heterocycles. The molecule has 5 heteroatoms. The van der Waals surface area contributed by atoms with E-state index in [1.165, 1.54) is 0 Å². The summed E-state index contributed by atoms with van der Waals surface area (Å²) >= 11 is 0. The molecule has 6 radical (unpaired) electrons. The van der Waals surface area contributed by atoms with E-state index in [0.717, 1.165) is 0 Å². The van der Waals surface area contributed by atoms with E-state index in [4.69, 9.17) is 0 Å². The summed E-state index contributed by atoms with van der Waals surface area (Å²) in [4.78, 5) is 0. The Bertz CT molecular complexity index is 4.85. The van der Waals surface area contributed by atoms with Gasteiger partial charge in [-0.3, -0.25) is 0 Å². The number of hydrogen-bond donors (Lipinski definition) is 0. The van der Waals surface area contributed by atoms with Crippen LogP contribution in [0.25, 0.3) is 0 Å². The van der Waals surface area contributed by atoms with Crippen molar-refractivity contribution in [2.24, 2.45) is 0 Å². The van der Waals surface area contributed by atoms with Gasteiger partial charge >= 0.3 is 0 Å². The van der Waals surface area contributed by atoms with Crippen LogP contribution in [0.3, 0.4) is 0 Å². The predicted molar refractivity (Wildman–Crippen MR) is 11.5 cm³/mol. The van der Waals surface area contributed by atoms with Crippen molar-refractivity contribution < 1.29 is 78.6 Å². The maximum absolute atomic E-state index is 0. The summed E-state index contributed by atoms with van der Waals surface area (Å²) in [5.41, 5.74) is 0. The van der Waals surface area contributed by atoms with Crippen molar-refractivity contribution in [1.82, 2.24) is 0 Å². The fourth-order valence-corrected chi connectivity index (χ4v) is 0. The van der Waals surface area contributed by atoms with Crippen LogP contribution >= 0.6 is 0 Å². The Balaban J connectivity index is 0. The van der Waals surface area contributed by atoms with Crippen molar-refractivity contribution in [3.63, 3.8) is 0 Å². The summed E-state index contributed by atoms with van der Waals surface area (Å²) in [5, 5.41) is 0. The van der Waals surface area contributed by atoms with E-state index >= 15 is 0 Å². The van der Waals surface area contributed by atoms with Gasteiger partial charge in [-0.05, 0) is 0 Å². The molecule has 0 unspecified atom stereocenters. The number of rotatable bonds is 0. The molecule has 0 atom stereocenters. The summed E-state index contributed by atoms with van der Waals surface area (Å²) in [6.45, 7) is 0. The van der Waals surface area contributed by atoms with Gasteiger partial charge in [0.05, 0.1) is 0 Å². The molecule has 0 bridgehead atoms. The van der Waals surface area contributed by atoms with Gasteiger partial charge in [0.25, 0.3) is 0 Å². The van der Waals surface area contributed by atoms with Crippen molar-refractivity contribution in [3.8, 4) is 0 Å².